The van der Waals surface area contributed by atoms with Gasteiger partial charge in [-0.15, -0.1) is 11.3 Å². The number of nitrogens with zero attached hydrogens (tertiary/aromatic N) is 1. The van der Waals surface area contributed by atoms with Crippen molar-refractivity contribution in [3.8, 4) is 0 Å². The normalized spacial score (nSPS) is 11.8. The smallest absolute Gasteiger partial charge is 0.260 e. The number of fused-ring (bicyclic) bond motifs is 1. The fourth-order valence-corrected chi connectivity index (χ4v) is 4.53. The summed E-state index contributed by atoms with van der Waals surface area (Å²) in [4.78, 5) is 31.8. The van der Waals surface area contributed by atoms with Gasteiger partial charge in [0.05, 0.1) is 16.2 Å². The van der Waals surface area contributed by atoms with E-state index in [-0.39, 0.29) is 10.4 Å². The summed E-state index contributed by atoms with van der Waals surface area (Å²) in [5.41, 5.74) is 2.69. The van der Waals surface area contributed by atoms with E-state index in [1.807, 2.05) is 53.2 Å². The van der Waals surface area contributed by atoms with Crippen LogP contribution in [-0.4, -0.2) is 15.9 Å². The van der Waals surface area contributed by atoms with Gasteiger partial charge in [-0.3, -0.25) is 4.79 Å². The number of carboxylic acid groups (broad SMARTS) is 1. The number of hydrogen-bond acceptors (Lipinski definition) is 6. The molecule has 0 aliphatic carbocycles. The topological polar surface area (TPSA) is 85.9 Å². The fraction of sp³-hybridized carbons (Fsp3) is 0.0500. The van der Waals surface area contributed by atoms with E-state index >= 15 is 0 Å². The molecule has 0 saturated carbocycles. The lowest BCUT2D eigenvalue weighted by atomic mass is 10.0. The lowest BCUT2D eigenvalue weighted by molar-refractivity contribution is -0.254. The summed E-state index contributed by atoms with van der Waals surface area (Å²) < 4.78 is 0. The van der Waals surface area contributed by atoms with E-state index in [0.29, 0.717) is 21.6 Å². The summed E-state index contributed by atoms with van der Waals surface area (Å²) in [6, 6.07) is 11.6. The van der Waals surface area contributed by atoms with Crippen molar-refractivity contribution < 1.29 is 9.90 Å². The minimum absolute atomic E-state index is 0.0308. The van der Waals surface area contributed by atoms with Crippen LogP contribution in [0.1, 0.15) is 32.2 Å². The van der Waals surface area contributed by atoms with Crippen LogP contribution in [0, 0.1) is 6.92 Å². The third-order valence-corrected chi connectivity index (χ3v) is 6.05. The molecule has 0 spiro atoms. The molecule has 0 saturated heterocycles. The highest BCUT2D eigenvalue weighted by atomic mass is 32.1. The molecule has 134 valence electrons. The molecule has 1 N–H and O–H groups in total. The molecule has 7 heteroatoms. The van der Waals surface area contributed by atoms with Gasteiger partial charge in [0, 0.05) is 5.57 Å². The number of aromatic amines is 1. The summed E-state index contributed by atoms with van der Waals surface area (Å²) in [5.74, 6) is -0.899. The van der Waals surface area contributed by atoms with E-state index in [0.717, 1.165) is 28.0 Å². The van der Waals surface area contributed by atoms with Crippen LogP contribution in [0.15, 0.2) is 52.0 Å². The Hall–Kier alpha value is -3.03. The van der Waals surface area contributed by atoms with Crippen LogP contribution in [-0.2, 0) is 0 Å². The Kier molecular flexibility index (Phi) is 4.47. The van der Waals surface area contributed by atoms with E-state index in [9.17, 15) is 14.7 Å². The van der Waals surface area contributed by atoms with Crippen LogP contribution >= 0.6 is 22.7 Å². The van der Waals surface area contributed by atoms with Crippen molar-refractivity contribution in [1.29, 1.82) is 0 Å². The third kappa shape index (κ3) is 3.22. The molecule has 4 aromatic rings. The zero-order chi connectivity index (χ0) is 19.0. The summed E-state index contributed by atoms with van der Waals surface area (Å²) in [7, 11) is 0. The molecule has 0 radical (unpaired) electrons. The summed E-state index contributed by atoms with van der Waals surface area (Å²) in [6.45, 7) is 1.60. The quantitative estimate of drug-likeness (QED) is 0.576. The van der Waals surface area contributed by atoms with Gasteiger partial charge in [0.1, 0.15) is 10.7 Å². The molecule has 1 aromatic carbocycles. The van der Waals surface area contributed by atoms with E-state index < -0.39 is 5.97 Å². The molecule has 0 amide bonds. The monoisotopic (exact) mass is 393 g/mol. The lowest BCUT2D eigenvalue weighted by Crippen LogP contribution is -2.21. The first-order valence-electron chi connectivity index (χ1n) is 8.09. The summed E-state index contributed by atoms with van der Waals surface area (Å²) in [5, 5.41) is 15.6. The number of aryl methyl sites for hydroxylation is 1. The minimum atomic E-state index is -1.30. The van der Waals surface area contributed by atoms with Gasteiger partial charge in [0.15, 0.2) is 0 Å². The molecule has 0 bridgehead atoms. The number of aromatic carboxylic acids is 1. The Morgan fingerprint density at radius 1 is 1.22 bits per heavy atom. The number of hydrogen-bond donors (Lipinski definition) is 1. The van der Waals surface area contributed by atoms with E-state index in [4.69, 9.17) is 0 Å². The van der Waals surface area contributed by atoms with Crippen LogP contribution in [0.2, 0.25) is 0 Å². The predicted molar refractivity (Wildman–Crippen MR) is 107 cm³/mol. The van der Waals surface area contributed by atoms with Crippen molar-refractivity contribution in [2.24, 2.45) is 0 Å². The maximum Gasteiger partial charge on any atom is 0.260 e. The third-order valence-electron chi connectivity index (χ3n) is 4.18. The van der Waals surface area contributed by atoms with E-state index in [2.05, 4.69) is 9.97 Å². The Bertz CT molecular complexity index is 1220. The second-order valence-corrected chi connectivity index (χ2v) is 7.70. The average molecular weight is 393 g/mol. The SMILES string of the molecule is Cc1c(C(=O)[O-])sc2nc(/C(=C\c3ccsc3)c3ccccc3)[nH]c(=O)c12. The van der Waals surface area contributed by atoms with Crippen molar-refractivity contribution in [3.63, 3.8) is 0 Å². The van der Waals surface area contributed by atoms with Gasteiger partial charge >= 0.3 is 0 Å². The maximum absolute atomic E-state index is 12.7. The standard InChI is InChI=1S/C20H14N2O3S2/c1-11-15-18(23)21-17(22-19(15)27-16(11)20(24)25)14(9-12-7-8-26-10-12)13-5-3-2-4-6-13/h2-10H,1H3,(H,24,25)(H,21,22,23)/p-1/b14-9-. The number of benzene rings is 1. The first-order chi connectivity index (χ1) is 13.0. The van der Waals surface area contributed by atoms with E-state index in [1.54, 1.807) is 18.3 Å². The van der Waals surface area contributed by atoms with Crippen molar-refractivity contribution >= 4 is 50.5 Å². The van der Waals surface area contributed by atoms with Gasteiger partial charge < -0.3 is 14.9 Å². The van der Waals surface area contributed by atoms with Gasteiger partial charge in [-0.25, -0.2) is 4.98 Å². The number of thiophene rings is 2. The van der Waals surface area contributed by atoms with Gasteiger partial charge in [-0.05, 0) is 46.5 Å². The summed E-state index contributed by atoms with van der Waals surface area (Å²) >= 11 is 2.54. The second-order valence-electron chi connectivity index (χ2n) is 5.92. The van der Waals surface area contributed by atoms with Gasteiger partial charge in [-0.1, -0.05) is 30.3 Å². The Morgan fingerprint density at radius 2 is 2.00 bits per heavy atom. The number of rotatable bonds is 4. The van der Waals surface area contributed by atoms with E-state index in [1.165, 1.54) is 0 Å². The van der Waals surface area contributed by atoms with Crippen molar-refractivity contribution in [1.82, 2.24) is 9.97 Å². The van der Waals surface area contributed by atoms with Crippen molar-refractivity contribution in [2.75, 3.05) is 0 Å². The average Bonchev–Trinajstić information content (AvgIpc) is 3.28. The molecule has 3 heterocycles. The maximum atomic E-state index is 12.7. The predicted octanol–water partition coefficient (Wildman–Crippen LogP) is 3.31. The van der Waals surface area contributed by atoms with Crippen LogP contribution in [0.25, 0.3) is 21.9 Å². The highest BCUT2D eigenvalue weighted by molar-refractivity contribution is 7.20. The number of H-pyrrole nitrogens is 1. The zero-order valence-corrected chi connectivity index (χ0v) is 15.8. The first kappa shape index (κ1) is 17.4. The number of aromatic nitrogens is 2. The van der Waals surface area contributed by atoms with Gasteiger partial charge in [-0.2, -0.15) is 11.3 Å². The van der Waals surface area contributed by atoms with Gasteiger partial charge in [0.2, 0.25) is 0 Å². The molecule has 0 atom stereocenters. The van der Waals surface area contributed by atoms with Crippen molar-refractivity contribution in [3.05, 3.63) is 84.9 Å². The lowest BCUT2D eigenvalue weighted by Gasteiger charge is -2.07. The molecule has 0 aliphatic heterocycles. The second kappa shape index (κ2) is 6.94. The minimum Gasteiger partial charge on any atom is -0.544 e. The molecule has 0 unspecified atom stereocenters. The largest absolute Gasteiger partial charge is 0.544 e. The zero-order valence-electron chi connectivity index (χ0n) is 14.2. The highest BCUT2D eigenvalue weighted by Crippen LogP contribution is 2.29. The fourth-order valence-electron chi connectivity index (χ4n) is 2.90. The summed E-state index contributed by atoms with van der Waals surface area (Å²) in [6.07, 6.45) is 1.95. The number of carbonyl (C=O) groups excluding carboxylic acids is 1. The molecule has 3 aromatic heterocycles. The number of carbonyl (C=O) groups is 1. The molecule has 4 rings (SSSR count). The molecule has 5 nitrogen and oxygen atoms in total. The highest BCUT2D eigenvalue weighted by Gasteiger charge is 2.17. The molecular formula is C20H13N2O3S2-. The molecule has 0 fully saturated rings. The molecule has 27 heavy (non-hydrogen) atoms. The van der Waals surface area contributed by atoms with Crippen molar-refractivity contribution in [2.45, 2.75) is 6.92 Å². The van der Waals surface area contributed by atoms with Crippen LogP contribution in [0.4, 0.5) is 0 Å². The van der Waals surface area contributed by atoms with Crippen LogP contribution in [0.5, 0.6) is 0 Å². The van der Waals surface area contributed by atoms with Gasteiger partial charge in [0.25, 0.3) is 5.56 Å². The molecule has 0 aliphatic rings. The number of nitrogens with one attached hydrogen (secondary N) is 1. The Balaban J connectivity index is 1.97. The molecular weight excluding hydrogens is 380 g/mol. The first-order valence-corrected chi connectivity index (χ1v) is 9.85. The van der Waals surface area contributed by atoms with Crippen LogP contribution in [0.3, 0.4) is 0 Å². The Labute approximate surface area is 162 Å². The number of carboxylic acids is 1. The van der Waals surface area contributed by atoms with Crippen LogP contribution < -0.4 is 10.7 Å². The Morgan fingerprint density at radius 3 is 2.67 bits per heavy atom.